The highest BCUT2D eigenvalue weighted by Gasteiger charge is 2.34. The van der Waals surface area contributed by atoms with Crippen LogP contribution < -0.4 is 5.32 Å². The average Bonchev–Trinajstić information content (AvgIpc) is 3.06. The molecule has 2 aromatic heterocycles. The molecule has 0 unspecified atom stereocenters. The number of fused-ring (bicyclic) bond motifs is 3. The van der Waals surface area contributed by atoms with Gasteiger partial charge in [0, 0.05) is 35.3 Å². The van der Waals surface area contributed by atoms with Gasteiger partial charge >= 0.3 is 0 Å². The molecule has 0 bridgehead atoms. The largest absolute Gasteiger partial charge is 0.317 e. The molecule has 0 saturated heterocycles. The molecule has 1 amide bonds. The van der Waals surface area contributed by atoms with Crippen molar-refractivity contribution in [2.75, 3.05) is 5.32 Å². The fraction of sp³-hybridized carbons (Fsp3) is 0.0556. The van der Waals surface area contributed by atoms with Gasteiger partial charge < -0.3 is 5.32 Å². The van der Waals surface area contributed by atoms with Gasteiger partial charge in [-0.2, -0.15) is 0 Å². The van der Waals surface area contributed by atoms with Gasteiger partial charge in [0.1, 0.15) is 5.00 Å². The first-order valence-electron chi connectivity index (χ1n) is 7.15. The van der Waals surface area contributed by atoms with Crippen LogP contribution in [0.15, 0.2) is 48.8 Å². The van der Waals surface area contributed by atoms with E-state index in [4.69, 9.17) is 0 Å². The van der Waals surface area contributed by atoms with Gasteiger partial charge in [0.05, 0.1) is 5.56 Å². The number of nitrogens with one attached hydrogen (secondary N) is 1. The molecule has 2 heterocycles. The van der Waals surface area contributed by atoms with E-state index in [2.05, 4.69) is 10.3 Å². The molecule has 0 saturated carbocycles. The summed E-state index contributed by atoms with van der Waals surface area (Å²) in [4.78, 5) is 29.3. The molecular formula is C18H12N2O2S. The Balaban J connectivity index is 2.02. The number of pyridine rings is 1. The first-order chi connectivity index (χ1) is 11.2. The number of aromatic nitrogens is 1. The minimum absolute atomic E-state index is 0.0316. The molecule has 0 fully saturated rings. The van der Waals surface area contributed by atoms with E-state index in [1.807, 2.05) is 36.4 Å². The Labute approximate surface area is 136 Å². The molecule has 5 heteroatoms. The van der Waals surface area contributed by atoms with Crippen molar-refractivity contribution in [3.63, 3.8) is 0 Å². The van der Waals surface area contributed by atoms with E-state index in [1.54, 1.807) is 12.4 Å². The van der Waals surface area contributed by atoms with Crippen molar-refractivity contribution < 1.29 is 9.59 Å². The zero-order valence-electron chi connectivity index (χ0n) is 12.3. The van der Waals surface area contributed by atoms with Crippen LogP contribution in [0.3, 0.4) is 0 Å². The Morgan fingerprint density at radius 2 is 1.74 bits per heavy atom. The fourth-order valence-electron chi connectivity index (χ4n) is 2.89. The molecule has 0 atom stereocenters. The van der Waals surface area contributed by atoms with E-state index in [1.165, 1.54) is 18.3 Å². The molecule has 1 aromatic carbocycles. The Hall–Kier alpha value is -2.79. The van der Waals surface area contributed by atoms with Crippen molar-refractivity contribution in [3.8, 4) is 21.6 Å². The molecule has 0 spiro atoms. The number of hydrogen-bond donors (Lipinski definition) is 1. The van der Waals surface area contributed by atoms with Gasteiger partial charge in [-0.05, 0) is 23.3 Å². The first kappa shape index (κ1) is 13.8. The number of carbonyl (C=O) groups is 2. The van der Waals surface area contributed by atoms with Gasteiger partial charge in [-0.1, -0.05) is 24.3 Å². The lowest BCUT2D eigenvalue weighted by molar-refractivity contribution is -0.114. The summed E-state index contributed by atoms with van der Waals surface area (Å²) in [5.41, 5.74) is 4.10. The molecular weight excluding hydrogens is 308 g/mol. The normalized spacial score (nSPS) is 12.0. The maximum Gasteiger partial charge on any atom is 0.221 e. The lowest BCUT2D eigenvalue weighted by Gasteiger charge is -2.03. The number of anilines is 1. The first-order valence-corrected chi connectivity index (χ1v) is 7.97. The number of carbonyl (C=O) groups excluding carboxylic acids is 2. The van der Waals surface area contributed by atoms with Crippen LogP contribution in [0.2, 0.25) is 0 Å². The second-order valence-electron chi connectivity index (χ2n) is 5.30. The minimum Gasteiger partial charge on any atom is -0.317 e. The Morgan fingerprint density at radius 1 is 1.04 bits per heavy atom. The van der Waals surface area contributed by atoms with Crippen LogP contribution in [-0.4, -0.2) is 16.7 Å². The lowest BCUT2D eigenvalue weighted by Crippen LogP contribution is -2.07. The third-order valence-corrected chi connectivity index (χ3v) is 4.96. The van der Waals surface area contributed by atoms with Gasteiger partial charge in [0.25, 0.3) is 0 Å². The van der Waals surface area contributed by atoms with Gasteiger partial charge in [-0.25, -0.2) is 0 Å². The zero-order valence-corrected chi connectivity index (χ0v) is 13.1. The highest BCUT2D eigenvalue weighted by molar-refractivity contribution is 7.20. The molecule has 4 nitrogen and oxygen atoms in total. The second kappa shape index (κ2) is 5.14. The van der Waals surface area contributed by atoms with E-state index in [0.717, 1.165) is 21.6 Å². The van der Waals surface area contributed by atoms with Crippen molar-refractivity contribution in [3.05, 3.63) is 59.9 Å². The standard InChI is InChI=1S/C18H12N2O2S/c1-10(21)20-18-15-14(12-4-2-3-5-13(12)16(15)22)17(23-18)11-6-8-19-9-7-11/h2-9H,1H3,(H,20,21). The average molecular weight is 320 g/mol. The predicted molar refractivity (Wildman–Crippen MR) is 90.7 cm³/mol. The Bertz CT molecular complexity index is 945. The summed E-state index contributed by atoms with van der Waals surface area (Å²) >= 11 is 1.43. The van der Waals surface area contributed by atoms with E-state index in [0.29, 0.717) is 16.1 Å². The van der Waals surface area contributed by atoms with Gasteiger partial charge in [-0.15, -0.1) is 11.3 Å². The molecule has 1 N–H and O–H groups in total. The number of benzene rings is 1. The highest BCUT2D eigenvalue weighted by Crippen LogP contribution is 2.51. The SMILES string of the molecule is CC(=O)Nc1sc(-c2ccncc2)c2c1C(=O)c1ccccc1-2. The summed E-state index contributed by atoms with van der Waals surface area (Å²) in [7, 11) is 0. The van der Waals surface area contributed by atoms with Gasteiger partial charge in [0.2, 0.25) is 5.91 Å². The maximum atomic E-state index is 12.8. The molecule has 3 aromatic rings. The summed E-state index contributed by atoms with van der Waals surface area (Å²) in [5.74, 6) is -0.213. The summed E-state index contributed by atoms with van der Waals surface area (Å²) in [6.45, 7) is 1.45. The molecule has 23 heavy (non-hydrogen) atoms. The summed E-state index contributed by atoms with van der Waals surface area (Å²) in [6, 6.07) is 11.4. The monoisotopic (exact) mass is 320 g/mol. The van der Waals surface area contributed by atoms with E-state index < -0.39 is 0 Å². The third kappa shape index (κ3) is 2.09. The van der Waals surface area contributed by atoms with Gasteiger partial charge in [0.15, 0.2) is 5.78 Å². The fourth-order valence-corrected chi connectivity index (χ4v) is 4.16. The third-order valence-electron chi connectivity index (χ3n) is 3.81. The van der Waals surface area contributed by atoms with Crippen LogP contribution in [0, 0.1) is 0 Å². The number of thiophene rings is 1. The van der Waals surface area contributed by atoms with Crippen LogP contribution in [-0.2, 0) is 4.79 Å². The molecule has 0 radical (unpaired) electrons. The van der Waals surface area contributed by atoms with Gasteiger partial charge in [-0.3, -0.25) is 14.6 Å². The topological polar surface area (TPSA) is 59.1 Å². The lowest BCUT2D eigenvalue weighted by atomic mass is 10.0. The van der Waals surface area contributed by atoms with Crippen molar-refractivity contribution in [2.45, 2.75) is 6.92 Å². The smallest absolute Gasteiger partial charge is 0.221 e. The van der Waals surface area contributed by atoms with E-state index >= 15 is 0 Å². The highest BCUT2D eigenvalue weighted by atomic mass is 32.1. The van der Waals surface area contributed by atoms with E-state index in [9.17, 15) is 9.59 Å². The van der Waals surface area contributed by atoms with E-state index in [-0.39, 0.29) is 11.7 Å². The summed E-state index contributed by atoms with van der Waals surface area (Å²) in [5, 5.41) is 3.42. The van der Waals surface area contributed by atoms with Crippen molar-refractivity contribution in [1.29, 1.82) is 0 Å². The Morgan fingerprint density at radius 3 is 2.43 bits per heavy atom. The quantitative estimate of drug-likeness (QED) is 0.608. The van der Waals surface area contributed by atoms with Crippen LogP contribution in [0.1, 0.15) is 22.8 Å². The number of rotatable bonds is 2. The molecule has 1 aliphatic carbocycles. The van der Waals surface area contributed by atoms with Crippen LogP contribution in [0.5, 0.6) is 0 Å². The number of hydrogen-bond acceptors (Lipinski definition) is 4. The number of nitrogens with zero attached hydrogens (tertiary/aromatic N) is 1. The molecule has 0 aliphatic heterocycles. The second-order valence-corrected chi connectivity index (χ2v) is 6.32. The summed E-state index contributed by atoms with van der Waals surface area (Å²) < 4.78 is 0. The van der Waals surface area contributed by atoms with Crippen LogP contribution >= 0.6 is 11.3 Å². The zero-order chi connectivity index (χ0) is 16.0. The molecule has 4 rings (SSSR count). The number of ketones is 1. The Kier molecular flexibility index (Phi) is 3.09. The van der Waals surface area contributed by atoms with Crippen molar-refractivity contribution in [2.24, 2.45) is 0 Å². The number of amides is 1. The van der Waals surface area contributed by atoms with Crippen LogP contribution in [0.25, 0.3) is 21.6 Å². The minimum atomic E-state index is -0.181. The molecule has 1 aliphatic rings. The maximum absolute atomic E-state index is 12.8. The molecule has 112 valence electrons. The predicted octanol–water partition coefficient (Wildman–Crippen LogP) is 3.98. The van der Waals surface area contributed by atoms with Crippen molar-refractivity contribution in [1.82, 2.24) is 4.98 Å². The van der Waals surface area contributed by atoms with Crippen LogP contribution in [0.4, 0.5) is 5.00 Å². The summed E-state index contributed by atoms with van der Waals surface area (Å²) in [6.07, 6.45) is 3.45. The van der Waals surface area contributed by atoms with Crippen molar-refractivity contribution >= 4 is 28.0 Å².